The monoisotopic (exact) mass is 285 g/mol. The first-order valence-corrected chi connectivity index (χ1v) is 7.16. The summed E-state index contributed by atoms with van der Waals surface area (Å²) >= 11 is 0. The molecule has 1 aliphatic rings. The van der Waals surface area contributed by atoms with Crippen molar-refractivity contribution >= 4 is 11.8 Å². The van der Waals surface area contributed by atoms with Gasteiger partial charge in [0.05, 0.1) is 18.6 Å². The number of amides is 2. The average molecular weight is 285 g/mol. The maximum atomic E-state index is 12.7. The summed E-state index contributed by atoms with van der Waals surface area (Å²) in [4.78, 5) is 25.9. The number of nitrogens with zero attached hydrogens (tertiary/aromatic N) is 1. The number of nitrogens with one attached hydrogen (secondary N) is 2. The molecule has 6 heteroatoms. The van der Waals surface area contributed by atoms with Crippen LogP contribution < -0.4 is 10.6 Å². The van der Waals surface area contributed by atoms with Crippen LogP contribution in [0, 0.1) is 11.3 Å². The summed E-state index contributed by atoms with van der Waals surface area (Å²) in [5.74, 6) is 0.158. The zero-order chi connectivity index (χ0) is 15.2. The average Bonchev–Trinajstić information content (AvgIpc) is 2.88. The Labute approximate surface area is 121 Å². The van der Waals surface area contributed by atoms with E-state index in [-0.39, 0.29) is 29.7 Å². The van der Waals surface area contributed by atoms with Gasteiger partial charge >= 0.3 is 0 Å². The van der Waals surface area contributed by atoms with Gasteiger partial charge in [-0.2, -0.15) is 0 Å². The molecule has 1 unspecified atom stereocenters. The zero-order valence-corrected chi connectivity index (χ0v) is 13.0. The van der Waals surface area contributed by atoms with Gasteiger partial charge in [0.1, 0.15) is 0 Å². The predicted molar refractivity (Wildman–Crippen MR) is 77.3 cm³/mol. The molecule has 2 N–H and O–H groups in total. The van der Waals surface area contributed by atoms with Crippen molar-refractivity contribution in [1.82, 2.24) is 15.5 Å². The molecule has 0 spiro atoms. The largest absolute Gasteiger partial charge is 0.383 e. The summed E-state index contributed by atoms with van der Waals surface area (Å²) in [5.41, 5.74) is -0.373. The van der Waals surface area contributed by atoms with Crippen LogP contribution in [0.25, 0.3) is 0 Å². The molecule has 1 heterocycles. The third-order valence-corrected chi connectivity index (χ3v) is 4.08. The smallest absolute Gasteiger partial charge is 0.239 e. The van der Waals surface area contributed by atoms with Crippen LogP contribution in [0.3, 0.4) is 0 Å². The van der Waals surface area contributed by atoms with Crippen LogP contribution in [0.5, 0.6) is 0 Å². The number of ether oxygens (including phenoxy) is 1. The Hall–Kier alpha value is -1.14. The Morgan fingerprint density at radius 2 is 2.15 bits per heavy atom. The fraction of sp³-hybridized carbons (Fsp3) is 0.857. The van der Waals surface area contributed by atoms with Crippen molar-refractivity contribution in [2.24, 2.45) is 11.3 Å². The topological polar surface area (TPSA) is 70.7 Å². The van der Waals surface area contributed by atoms with Gasteiger partial charge in [-0.3, -0.25) is 9.59 Å². The van der Waals surface area contributed by atoms with Crippen LogP contribution in [-0.2, 0) is 14.3 Å². The second kappa shape index (κ2) is 7.59. The van der Waals surface area contributed by atoms with Crippen molar-refractivity contribution in [3.05, 3.63) is 0 Å². The zero-order valence-electron chi connectivity index (χ0n) is 13.0. The third kappa shape index (κ3) is 3.93. The molecule has 0 radical (unpaired) electrons. The molecule has 6 nitrogen and oxygen atoms in total. The molecular formula is C14H27N3O3. The van der Waals surface area contributed by atoms with Crippen LogP contribution in [0.4, 0.5) is 0 Å². The van der Waals surface area contributed by atoms with E-state index in [0.29, 0.717) is 19.7 Å². The number of carbonyl (C=O) groups is 2. The van der Waals surface area contributed by atoms with Gasteiger partial charge in [0.15, 0.2) is 0 Å². The number of hydrogen-bond acceptors (Lipinski definition) is 4. The SMILES string of the molecule is COCCNC(=O)CN(C)C(=O)C1(C(C)C)CCNC1. The van der Waals surface area contributed by atoms with Gasteiger partial charge in [0.25, 0.3) is 0 Å². The molecular weight excluding hydrogens is 258 g/mol. The van der Waals surface area contributed by atoms with Gasteiger partial charge in [-0.15, -0.1) is 0 Å². The Bertz CT molecular complexity index is 339. The first-order chi connectivity index (χ1) is 9.44. The van der Waals surface area contributed by atoms with Crippen LogP contribution in [0.2, 0.25) is 0 Å². The molecule has 20 heavy (non-hydrogen) atoms. The van der Waals surface area contributed by atoms with Crippen molar-refractivity contribution in [2.75, 3.05) is 46.9 Å². The molecule has 0 saturated carbocycles. The lowest BCUT2D eigenvalue weighted by Gasteiger charge is -2.34. The van der Waals surface area contributed by atoms with Gasteiger partial charge in [0.2, 0.25) is 11.8 Å². The third-order valence-electron chi connectivity index (χ3n) is 4.08. The maximum absolute atomic E-state index is 12.7. The lowest BCUT2D eigenvalue weighted by molar-refractivity contribution is -0.145. The molecule has 1 saturated heterocycles. The Morgan fingerprint density at radius 3 is 2.65 bits per heavy atom. The van der Waals surface area contributed by atoms with E-state index in [1.54, 1.807) is 14.2 Å². The van der Waals surface area contributed by atoms with Crippen molar-refractivity contribution in [2.45, 2.75) is 20.3 Å². The Balaban J connectivity index is 2.55. The first kappa shape index (κ1) is 16.9. The van der Waals surface area contributed by atoms with Gasteiger partial charge in [-0.25, -0.2) is 0 Å². The predicted octanol–water partition coefficient (Wildman–Crippen LogP) is -0.157. The lowest BCUT2D eigenvalue weighted by atomic mass is 9.75. The van der Waals surface area contributed by atoms with Crippen molar-refractivity contribution in [1.29, 1.82) is 0 Å². The van der Waals surface area contributed by atoms with E-state index in [1.807, 2.05) is 0 Å². The van der Waals surface area contributed by atoms with E-state index >= 15 is 0 Å². The summed E-state index contributed by atoms with van der Waals surface area (Å²) in [7, 11) is 3.28. The van der Waals surface area contributed by atoms with Crippen LogP contribution in [0.15, 0.2) is 0 Å². The van der Waals surface area contributed by atoms with Gasteiger partial charge < -0.3 is 20.3 Å². The van der Waals surface area contributed by atoms with Crippen molar-refractivity contribution < 1.29 is 14.3 Å². The van der Waals surface area contributed by atoms with E-state index in [9.17, 15) is 9.59 Å². The first-order valence-electron chi connectivity index (χ1n) is 7.16. The maximum Gasteiger partial charge on any atom is 0.239 e. The molecule has 0 aromatic heterocycles. The van der Waals surface area contributed by atoms with E-state index < -0.39 is 0 Å². The fourth-order valence-electron chi connectivity index (χ4n) is 2.65. The summed E-state index contributed by atoms with van der Waals surface area (Å²) in [6.45, 7) is 6.72. The fourth-order valence-corrected chi connectivity index (χ4v) is 2.65. The van der Waals surface area contributed by atoms with E-state index in [2.05, 4.69) is 24.5 Å². The number of hydrogen-bond donors (Lipinski definition) is 2. The summed E-state index contributed by atoms with van der Waals surface area (Å²) < 4.78 is 4.87. The van der Waals surface area contributed by atoms with E-state index in [4.69, 9.17) is 4.74 Å². The van der Waals surface area contributed by atoms with E-state index in [0.717, 1.165) is 13.0 Å². The molecule has 1 atom stereocenters. The molecule has 0 aromatic rings. The number of likely N-dealkylation sites (N-methyl/N-ethyl adjacent to an activating group) is 1. The van der Waals surface area contributed by atoms with Crippen molar-refractivity contribution in [3.63, 3.8) is 0 Å². The Morgan fingerprint density at radius 1 is 1.45 bits per heavy atom. The molecule has 1 rings (SSSR count). The minimum Gasteiger partial charge on any atom is -0.383 e. The number of rotatable bonds is 7. The molecule has 1 fully saturated rings. The molecule has 0 aliphatic carbocycles. The van der Waals surface area contributed by atoms with Crippen LogP contribution in [0.1, 0.15) is 20.3 Å². The highest BCUT2D eigenvalue weighted by atomic mass is 16.5. The molecule has 0 aromatic carbocycles. The summed E-state index contributed by atoms with van der Waals surface area (Å²) in [5, 5.41) is 5.99. The molecule has 2 amide bonds. The minimum atomic E-state index is -0.373. The summed E-state index contributed by atoms with van der Waals surface area (Å²) in [6.07, 6.45) is 0.832. The lowest BCUT2D eigenvalue weighted by Crippen LogP contribution is -2.49. The highest BCUT2D eigenvalue weighted by Gasteiger charge is 2.45. The molecule has 1 aliphatic heterocycles. The van der Waals surface area contributed by atoms with E-state index in [1.165, 1.54) is 4.90 Å². The Kier molecular flexibility index (Phi) is 6.42. The van der Waals surface area contributed by atoms with Crippen LogP contribution in [-0.4, -0.2) is 63.7 Å². The van der Waals surface area contributed by atoms with Crippen LogP contribution >= 0.6 is 0 Å². The standard InChI is InChI=1S/C14H27N3O3/c1-11(2)14(5-6-15-10-14)13(19)17(3)9-12(18)16-7-8-20-4/h11,15H,5-10H2,1-4H3,(H,16,18). The minimum absolute atomic E-state index is 0.0550. The summed E-state index contributed by atoms with van der Waals surface area (Å²) in [6, 6.07) is 0. The van der Waals surface area contributed by atoms with Gasteiger partial charge in [-0.05, 0) is 18.9 Å². The second-order valence-electron chi connectivity index (χ2n) is 5.74. The highest BCUT2D eigenvalue weighted by Crippen LogP contribution is 2.35. The molecule has 0 bridgehead atoms. The number of methoxy groups -OCH3 is 1. The highest BCUT2D eigenvalue weighted by molar-refractivity contribution is 5.88. The normalized spacial score (nSPS) is 22.1. The number of carbonyl (C=O) groups excluding carboxylic acids is 2. The second-order valence-corrected chi connectivity index (χ2v) is 5.74. The molecule has 116 valence electrons. The van der Waals surface area contributed by atoms with Gasteiger partial charge in [0, 0.05) is 27.2 Å². The van der Waals surface area contributed by atoms with Crippen molar-refractivity contribution in [3.8, 4) is 0 Å². The quantitative estimate of drug-likeness (QED) is 0.638. The van der Waals surface area contributed by atoms with Gasteiger partial charge in [-0.1, -0.05) is 13.8 Å².